The maximum Gasteiger partial charge on any atom is 0.253 e. The van der Waals surface area contributed by atoms with Crippen LogP contribution in [0.25, 0.3) is 0 Å². The quantitative estimate of drug-likeness (QED) is 0.796. The molecule has 0 radical (unpaired) electrons. The Morgan fingerprint density at radius 3 is 2.76 bits per heavy atom. The topological polar surface area (TPSA) is 80.5 Å². The molecule has 2 aliphatic carbocycles. The van der Waals surface area contributed by atoms with E-state index in [0.29, 0.717) is 12.3 Å². The average Bonchev–Trinajstić information content (AvgIpc) is 2.85. The maximum atomic E-state index is 12.6. The smallest absolute Gasteiger partial charge is 0.253 e. The van der Waals surface area contributed by atoms with E-state index in [1.807, 2.05) is 0 Å². The molecule has 3 fully saturated rings. The van der Waals surface area contributed by atoms with Gasteiger partial charge in [0, 0.05) is 5.41 Å². The number of nitrogens with zero attached hydrogens (tertiary/aromatic N) is 1. The Balaban J connectivity index is 2.00. The summed E-state index contributed by atoms with van der Waals surface area (Å²) in [6, 6.07) is -1.01. The molecule has 0 unspecified atom stereocenters. The first kappa shape index (κ1) is 15.0. The molecule has 2 bridgehead atoms. The second kappa shape index (κ2) is 4.32. The van der Waals surface area contributed by atoms with E-state index in [9.17, 15) is 13.2 Å². The van der Waals surface area contributed by atoms with Crippen LogP contribution in [-0.4, -0.2) is 36.5 Å². The van der Waals surface area contributed by atoms with Crippen molar-refractivity contribution in [3.8, 4) is 0 Å². The highest BCUT2D eigenvalue weighted by Gasteiger charge is 2.72. The van der Waals surface area contributed by atoms with Gasteiger partial charge in [-0.1, -0.05) is 19.9 Å². The third kappa shape index (κ3) is 1.72. The van der Waals surface area contributed by atoms with Crippen LogP contribution in [0.15, 0.2) is 12.7 Å². The molecule has 0 aromatic heterocycles. The summed E-state index contributed by atoms with van der Waals surface area (Å²) >= 11 is 0. The zero-order valence-corrected chi connectivity index (χ0v) is 13.5. The van der Waals surface area contributed by atoms with Gasteiger partial charge in [-0.2, -0.15) is 0 Å². The fraction of sp³-hybridized carbons (Fsp3) is 0.800. The fourth-order valence-corrected chi connectivity index (χ4v) is 7.61. The lowest BCUT2D eigenvalue weighted by molar-refractivity contribution is -0.130. The lowest BCUT2D eigenvalue weighted by Gasteiger charge is -2.37. The van der Waals surface area contributed by atoms with Gasteiger partial charge in [0.2, 0.25) is 10.0 Å². The molecule has 2 N–H and O–H groups in total. The van der Waals surface area contributed by atoms with Crippen molar-refractivity contribution in [1.82, 2.24) is 4.31 Å². The Morgan fingerprint density at radius 1 is 1.52 bits per heavy atom. The van der Waals surface area contributed by atoms with Crippen molar-refractivity contribution in [3.63, 3.8) is 0 Å². The normalized spacial score (nSPS) is 40.0. The van der Waals surface area contributed by atoms with Crippen molar-refractivity contribution in [2.45, 2.75) is 51.6 Å². The third-order valence-corrected chi connectivity index (χ3v) is 8.28. The van der Waals surface area contributed by atoms with Gasteiger partial charge in [0.1, 0.15) is 0 Å². The molecular weight excluding hydrogens is 288 g/mol. The molecule has 4 atom stereocenters. The largest absolute Gasteiger partial charge is 0.320 e. The fourth-order valence-electron chi connectivity index (χ4n) is 5.02. The minimum atomic E-state index is -3.55. The number of nitrogens with two attached hydrogens (primary N) is 1. The molecule has 0 aromatic carbocycles. The molecular formula is C15H24N2O3S. The zero-order chi connectivity index (χ0) is 15.6. The van der Waals surface area contributed by atoms with E-state index in [0.717, 1.165) is 23.6 Å². The molecule has 3 aliphatic rings. The van der Waals surface area contributed by atoms with E-state index >= 15 is 0 Å². The van der Waals surface area contributed by atoms with E-state index in [1.54, 1.807) is 6.08 Å². The number of rotatable bonds is 3. The number of fused-ring (bicyclic) bond motifs is 1. The summed E-state index contributed by atoms with van der Waals surface area (Å²) in [4.78, 5) is 12.6. The molecule has 118 valence electrons. The molecule has 1 saturated heterocycles. The van der Waals surface area contributed by atoms with Gasteiger partial charge in [-0.15, -0.1) is 6.58 Å². The minimum Gasteiger partial charge on any atom is -0.320 e. The van der Waals surface area contributed by atoms with Crippen LogP contribution in [0.3, 0.4) is 0 Å². The number of carbonyl (C=O) groups excluding carboxylic acids is 1. The van der Waals surface area contributed by atoms with Crippen molar-refractivity contribution in [2.24, 2.45) is 22.5 Å². The number of sulfonamides is 1. The predicted octanol–water partition coefficient (Wildman–Crippen LogP) is 1.26. The molecule has 21 heavy (non-hydrogen) atoms. The van der Waals surface area contributed by atoms with Crippen molar-refractivity contribution < 1.29 is 13.2 Å². The van der Waals surface area contributed by atoms with Crippen molar-refractivity contribution in [2.75, 3.05) is 5.75 Å². The van der Waals surface area contributed by atoms with Gasteiger partial charge in [0.05, 0.1) is 17.8 Å². The summed E-state index contributed by atoms with van der Waals surface area (Å²) in [5.74, 6) is 0.143. The van der Waals surface area contributed by atoms with E-state index < -0.39 is 22.0 Å². The molecule has 1 amide bonds. The summed E-state index contributed by atoms with van der Waals surface area (Å²) in [6.07, 6.45) is 4.62. The van der Waals surface area contributed by atoms with Crippen LogP contribution in [0.2, 0.25) is 0 Å². The van der Waals surface area contributed by atoms with Crippen LogP contribution in [0, 0.1) is 16.7 Å². The Hall–Kier alpha value is -0.880. The molecule has 1 spiro atoms. The Labute approximate surface area is 126 Å². The second-order valence-corrected chi connectivity index (χ2v) is 9.23. The van der Waals surface area contributed by atoms with Crippen LogP contribution in [0.4, 0.5) is 0 Å². The number of hydrogen-bond donors (Lipinski definition) is 1. The standard InChI is InChI=1S/C15H24N2O3S/c1-4-5-11(16)13(18)17-12-8-10-6-7-15(12,14(10,2)3)9-21(17,19)20/h4,10-12H,1,5-9,16H2,2-3H3/t10-,11-,12-,15-/m1/s1. The van der Waals surface area contributed by atoms with Crippen LogP contribution in [-0.2, 0) is 14.8 Å². The van der Waals surface area contributed by atoms with Crippen LogP contribution in [0.5, 0.6) is 0 Å². The van der Waals surface area contributed by atoms with Gasteiger partial charge in [-0.3, -0.25) is 4.79 Å². The maximum absolute atomic E-state index is 12.6. The highest BCUT2D eigenvalue weighted by Crippen LogP contribution is 2.69. The molecule has 2 saturated carbocycles. The Kier molecular flexibility index (Phi) is 3.09. The SMILES string of the molecule is C=CC[C@@H](N)C(=O)N1[C@@H]2C[C@H]3CC[C@]2(CS1(=O)=O)C3(C)C. The second-order valence-electron chi connectivity index (χ2n) is 7.39. The first-order valence-electron chi connectivity index (χ1n) is 7.60. The molecule has 6 heteroatoms. The van der Waals surface area contributed by atoms with Crippen molar-refractivity contribution >= 4 is 15.9 Å². The first-order chi connectivity index (χ1) is 9.67. The van der Waals surface area contributed by atoms with Crippen LogP contribution < -0.4 is 5.73 Å². The van der Waals surface area contributed by atoms with Gasteiger partial charge in [0.25, 0.3) is 5.91 Å². The highest BCUT2D eigenvalue weighted by molar-refractivity contribution is 7.90. The van der Waals surface area contributed by atoms with Crippen molar-refractivity contribution in [1.29, 1.82) is 0 Å². The average molecular weight is 312 g/mol. The summed E-state index contributed by atoms with van der Waals surface area (Å²) < 4.78 is 26.4. The van der Waals surface area contributed by atoms with E-state index in [1.165, 1.54) is 0 Å². The van der Waals surface area contributed by atoms with Crippen LogP contribution in [0.1, 0.15) is 39.5 Å². The molecule has 1 heterocycles. The highest BCUT2D eigenvalue weighted by atomic mass is 32.2. The lowest BCUT2D eigenvalue weighted by Crippen LogP contribution is -2.50. The van der Waals surface area contributed by atoms with Gasteiger partial charge in [-0.05, 0) is 37.0 Å². The van der Waals surface area contributed by atoms with E-state index in [2.05, 4.69) is 20.4 Å². The summed E-state index contributed by atoms with van der Waals surface area (Å²) in [5, 5.41) is 0. The monoisotopic (exact) mass is 312 g/mol. The molecule has 1 aliphatic heterocycles. The zero-order valence-electron chi connectivity index (χ0n) is 12.7. The summed E-state index contributed by atoms with van der Waals surface area (Å²) in [7, 11) is -3.55. The molecule has 3 rings (SSSR count). The summed E-state index contributed by atoms with van der Waals surface area (Å²) in [5.41, 5.74) is 5.54. The number of amides is 1. The summed E-state index contributed by atoms with van der Waals surface area (Å²) in [6.45, 7) is 7.90. The molecule has 5 nitrogen and oxygen atoms in total. The van der Waals surface area contributed by atoms with Gasteiger partial charge in [-0.25, -0.2) is 12.7 Å². The number of carbonyl (C=O) groups is 1. The van der Waals surface area contributed by atoms with Gasteiger partial charge < -0.3 is 5.73 Å². The Bertz CT molecular complexity index is 598. The third-order valence-electron chi connectivity index (χ3n) is 6.37. The van der Waals surface area contributed by atoms with E-state index in [4.69, 9.17) is 5.73 Å². The van der Waals surface area contributed by atoms with Gasteiger partial charge in [0.15, 0.2) is 0 Å². The number of hydrogen-bond acceptors (Lipinski definition) is 4. The van der Waals surface area contributed by atoms with Gasteiger partial charge >= 0.3 is 0 Å². The predicted molar refractivity (Wildman–Crippen MR) is 80.8 cm³/mol. The first-order valence-corrected chi connectivity index (χ1v) is 9.21. The van der Waals surface area contributed by atoms with Crippen LogP contribution >= 0.6 is 0 Å². The van der Waals surface area contributed by atoms with E-state index in [-0.39, 0.29) is 22.6 Å². The minimum absolute atomic E-state index is 0.0255. The lowest BCUT2D eigenvalue weighted by atomic mass is 9.69. The van der Waals surface area contributed by atoms with Crippen molar-refractivity contribution in [3.05, 3.63) is 12.7 Å². The Morgan fingerprint density at radius 2 is 2.19 bits per heavy atom. The molecule has 0 aromatic rings.